The number of anilines is 1. The normalized spacial score (nSPS) is 16.4. The lowest BCUT2D eigenvalue weighted by atomic mass is 9.90. The van der Waals surface area contributed by atoms with E-state index in [0.717, 1.165) is 11.4 Å². The highest BCUT2D eigenvalue weighted by Gasteiger charge is 2.35. The van der Waals surface area contributed by atoms with E-state index >= 15 is 0 Å². The number of benzene rings is 1. The largest absolute Gasteiger partial charge is 0.381 e. The van der Waals surface area contributed by atoms with Gasteiger partial charge in [0.05, 0.1) is 0 Å². The third kappa shape index (κ3) is 3.87. The quantitative estimate of drug-likeness (QED) is 0.789. The van der Waals surface area contributed by atoms with Crippen molar-refractivity contribution in [3.8, 4) is 11.4 Å². The Morgan fingerprint density at radius 1 is 1.30 bits per heavy atom. The SMILES string of the molecule is Cc1nc(-c2ccc(NC(=O)C3(N)CCOCC3)cc2)n[nH]1.Cl. The summed E-state index contributed by atoms with van der Waals surface area (Å²) >= 11 is 0. The average molecular weight is 338 g/mol. The van der Waals surface area contributed by atoms with Crippen LogP contribution in [0.2, 0.25) is 0 Å². The zero-order valence-electron chi connectivity index (χ0n) is 12.8. The van der Waals surface area contributed by atoms with E-state index in [2.05, 4.69) is 20.5 Å². The van der Waals surface area contributed by atoms with Gasteiger partial charge < -0.3 is 15.8 Å². The lowest BCUT2D eigenvalue weighted by Crippen LogP contribution is -2.54. The topological polar surface area (TPSA) is 106 Å². The number of H-pyrrole nitrogens is 1. The lowest BCUT2D eigenvalue weighted by Gasteiger charge is -2.31. The number of aromatic nitrogens is 3. The number of aryl methyl sites for hydroxylation is 1. The van der Waals surface area contributed by atoms with Crippen molar-refractivity contribution in [1.29, 1.82) is 0 Å². The molecule has 0 unspecified atom stereocenters. The zero-order valence-corrected chi connectivity index (χ0v) is 13.7. The summed E-state index contributed by atoms with van der Waals surface area (Å²) < 4.78 is 5.26. The van der Waals surface area contributed by atoms with Crippen LogP contribution in [0.25, 0.3) is 11.4 Å². The molecule has 8 heteroatoms. The van der Waals surface area contributed by atoms with E-state index in [-0.39, 0.29) is 18.3 Å². The molecule has 23 heavy (non-hydrogen) atoms. The number of nitrogens with one attached hydrogen (secondary N) is 2. The number of nitrogens with zero attached hydrogens (tertiary/aromatic N) is 2. The van der Waals surface area contributed by atoms with Crippen LogP contribution < -0.4 is 11.1 Å². The molecular formula is C15H20ClN5O2. The highest BCUT2D eigenvalue weighted by atomic mass is 35.5. The zero-order chi connectivity index (χ0) is 15.6. The summed E-state index contributed by atoms with van der Waals surface area (Å²) in [7, 11) is 0. The maximum absolute atomic E-state index is 12.3. The van der Waals surface area contributed by atoms with Crippen LogP contribution in [0.3, 0.4) is 0 Å². The molecule has 3 rings (SSSR count). The number of halogens is 1. The molecular weight excluding hydrogens is 318 g/mol. The molecule has 1 saturated heterocycles. The summed E-state index contributed by atoms with van der Waals surface area (Å²) in [6, 6.07) is 7.38. The van der Waals surface area contributed by atoms with Gasteiger partial charge in [-0.2, -0.15) is 5.10 Å². The number of rotatable bonds is 3. The van der Waals surface area contributed by atoms with Gasteiger partial charge >= 0.3 is 0 Å². The summed E-state index contributed by atoms with van der Waals surface area (Å²) in [5.41, 5.74) is 6.90. The number of hydrogen-bond acceptors (Lipinski definition) is 5. The minimum absolute atomic E-state index is 0. The van der Waals surface area contributed by atoms with Crippen molar-refractivity contribution in [1.82, 2.24) is 15.2 Å². The van der Waals surface area contributed by atoms with Crippen molar-refractivity contribution in [2.75, 3.05) is 18.5 Å². The summed E-state index contributed by atoms with van der Waals surface area (Å²) in [5, 5.41) is 9.77. The van der Waals surface area contributed by atoms with Crippen LogP contribution in [-0.4, -0.2) is 39.8 Å². The molecule has 0 atom stereocenters. The number of aromatic amines is 1. The molecule has 0 bridgehead atoms. The van der Waals surface area contributed by atoms with Crippen LogP contribution in [0.5, 0.6) is 0 Å². The summed E-state index contributed by atoms with van der Waals surface area (Å²) in [5.74, 6) is 1.23. The number of carbonyl (C=O) groups is 1. The molecule has 1 amide bonds. The molecule has 2 aromatic rings. The Hall–Kier alpha value is -1.96. The number of carbonyl (C=O) groups excluding carboxylic acids is 1. The fraction of sp³-hybridized carbons (Fsp3) is 0.400. The van der Waals surface area contributed by atoms with Crippen molar-refractivity contribution >= 4 is 24.0 Å². The Morgan fingerprint density at radius 3 is 2.52 bits per heavy atom. The van der Waals surface area contributed by atoms with Crippen LogP contribution in [-0.2, 0) is 9.53 Å². The standard InChI is InChI=1S/C15H19N5O2.ClH/c1-10-17-13(20-19-10)11-2-4-12(5-3-11)18-14(21)15(16)6-8-22-9-7-15;/h2-5H,6-9,16H2,1H3,(H,18,21)(H,17,19,20);1H. The van der Waals surface area contributed by atoms with Crippen molar-refractivity contribution in [2.45, 2.75) is 25.3 Å². The molecule has 2 heterocycles. The van der Waals surface area contributed by atoms with E-state index in [1.807, 2.05) is 31.2 Å². The highest BCUT2D eigenvalue weighted by Crippen LogP contribution is 2.22. The molecule has 4 N–H and O–H groups in total. The van der Waals surface area contributed by atoms with Crippen molar-refractivity contribution in [3.05, 3.63) is 30.1 Å². The first-order valence-corrected chi connectivity index (χ1v) is 7.24. The molecule has 1 aliphatic heterocycles. The van der Waals surface area contributed by atoms with Gasteiger partial charge in [-0.1, -0.05) is 0 Å². The molecule has 0 saturated carbocycles. The van der Waals surface area contributed by atoms with Gasteiger partial charge in [-0.15, -0.1) is 12.4 Å². The van der Waals surface area contributed by atoms with Gasteiger partial charge in [0.2, 0.25) is 5.91 Å². The van der Waals surface area contributed by atoms with Crippen LogP contribution >= 0.6 is 12.4 Å². The van der Waals surface area contributed by atoms with Crippen LogP contribution in [0, 0.1) is 6.92 Å². The number of nitrogens with two attached hydrogens (primary N) is 1. The Bertz CT molecular complexity index is 665. The van der Waals surface area contributed by atoms with Crippen LogP contribution in [0.15, 0.2) is 24.3 Å². The number of amides is 1. The molecule has 0 aliphatic carbocycles. The number of ether oxygens (including phenoxy) is 1. The van der Waals surface area contributed by atoms with E-state index in [1.165, 1.54) is 0 Å². The average Bonchev–Trinajstić information content (AvgIpc) is 2.95. The minimum atomic E-state index is -0.849. The fourth-order valence-corrected chi connectivity index (χ4v) is 2.39. The second-order valence-corrected chi connectivity index (χ2v) is 5.54. The second-order valence-electron chi connectivity index (χ2n) is 5.54. The molecule has 1 aliphatic rings. The molecule has 1 fully saturated rings. The predicted octanol–water partition coefficient (Wildman–Crippen LogP) is 1.65. The highest BCUT2D eigenvalue weighted by molar-refractivity contribution is 5.98. The summed E-state index contributed by atoms with van der Waals surface area (Å²) in [4.78, 5) is 16.6. The third-order valence-corrected chi connectivity index (χ3v) is 3.84. The van der Waals surface area contributed by atoms with Crippen molar-refractivity contribution in [2.24, 2.45) is 5.73 Å². The Morgan fingerprint density at radius 2 is 1.96 bits per heavy atom. The van der Waals surface area contributed by atoms with Crippen molar-refractivity contribution in [3.63, 3.8) is 0 Å². The lowest BCUT2D eigenvalue weighted by molar-refractivity contribution is -0.124. The molecule has 7 nitrogen and oxygen atoms in total. The molecule has 124 valence electrons. The second kappa shape index (κ2) is 7.08. The maximum Gasteiger partial charge on any atom is 0.244 e. The molecule has 0 spiro atoms. The van der Waals surface area contributed by atoms with Gasteiger partial charge in [0.25, 0.3) is 0 Å². The number of hydrogen-bond donors (Lipinski definition) is 3. The first-order chi connectivity index (χ1) is 10.6. The first-order valence-electron chi connectivity index (χ1n) is 7.24. The first kappa shape index (κ1) is 17.4. The van der Waals surface area contributed by atoms with Crippen molar-refractivity contribution < 1.29 is 9.53 Å². The van der Waals surface area contributed by atoms with Gasteiger partial charge in [-0.05, 0) is 44.0 Å². The van der Waals surface area contributed by atoms with Gasteiger partial charge in [0.15, 0.2) is 5.82 Å². The van der Waals surface area contributed by atoms with Crippen LogP contribution in [0.4, 0.5) is 5.69 Å². The van der Waals surface area contributed by atoms with Gasteiger partial charge in [-0.3, -0.25) is 9.89 Å². The van der Waals surface area contributed by atoms with Gasteiger partial charge in [-0.25, -0.2) is 4.98 Å². The smallest absolute Gasteiger partial charge is 0.244 e. The van der Waals surface area contributed by atoms with E-state index in [1.54, 1.807) is 0 Å². The maximum atomic E-state index is 12.3. The van der Waals surface area contributed by atoms with Gasteiger partial charge in [0, 0.05) is 24.5 Å². The van der Waals surface area contributed by atoms with E-state index < -0.39 is 5.54 Å². The molecule has 1 aromatic heterocycles. The summed E-state index contributed by atoms with van der Waals surface area (Å²) in [6.45, 7) is 2.89. The monoisotopic (exact) mass is 337 g/mol. The molecule has 0 radical (unpaired) electrons. The van der Waals surface area contributed by atoms with Crippen LogP contribution in [0.1, 0.15) is 18.7 Å². The van der Waals surface area contributed by atoms with E-state index in [0.29, 0.717) is 37.6 Å². The van der Waals surface area contributed by atoms with Gasteiger partial charge in [0.1, 0.15) is 11.4 Å². The summed E-state index contributed by atoms with van der Waals surface area (Å²) in [6.07, 6.45) is 1.07. The predicted molar refractivity (Wildman–Crippen MR) is 89.4 cm³/mol. The fourth-order valence-electron chi connectivity index (χ4n) is 2.39. The Balaban J connectivity index is 0.00000192. The third-order valence-electron chi connectivity index (χ3n) is 3.84. The van der Waals surface area contributed by atoms with E-state index in [4.69, 9.17) is 10.5 Å². The molecule has 1 aromatic carbocycles. The minimum Gasteiger partial charge on any atom is -0.381 e. The Labute approximate surface area is 140 Å². The Kier molecular flexibility index (Phi) is 5.35. The van der Waals surface area contributed by atoms with E-state index in [9.17, 15) is 4.79 Å².